The highest BCUT2D eigenvalue weighted by atomic mass is 32.1. The average molecular weight is 201 g/mol. The van der Waals surface area contributed by atoms with E-state index in [2.05, 4.69) is 24.5 Å². The van der Waals surface area contributed by atoms with Gasteiger partial charge < -0.3 is 4.74 Å². The van der Waals surface area contributed by atoms with Gasteiger partial charge in [0.25, 0.3) is 0 Å². The van der Waals surface area contributed by atoms with Crippen LogP contribution >= 0.6 is 12.6 Å². The second-order valence-electron chi connectivity index (χ2n) is 4.13. The maximum atomic E-state index is 5.79. The summed E-state index contributed by atoms with van der Waals surface area (Å²) in [7, 11) is 0. The zero-order valence-electron chi connectivity index (χ0n) is 8.28. The Morgan fingerprint density at radius 2 is 2.15 bits per heavy atom. The smallest absolute Gasteiger partial charge is 0.0731 e. The lowest BCUT2D eigenvalue weighted by atomic mass is 9.90. The summed E-state index contributed by atoms with van der Waals surface area (Å²) in [5.41, 5.74) is 0. The standard InChI is InChI=1S/C10H19NOS/c1-8(13)11-6-7-12-10-5-3-2-4-9(10)11/h8-10,13H,2-7H2,1H3. The number of fused-ring (bicyclic) bond motifs is 1. The Hall–Kier alpha value is 0.270. The second kappa shape index (κ2) is 4.20. The Morgan fingerprint density at radius 1 is 1.38 bits per heavy atom. The highest BCUT2D eigenvalue weighted by molar-refractivity contribution is 7.80. The van der Waals surface area contributed by atoms with Crippen LogP contribution in [-0.4, -0.2) is 35.6 Å². The Balaban J connectivity index is 2.02. The minimum absolute atomic E-state index is 0.384. The third-order valence-corrected chi connectivity index (χ3v) is 3.55. The average Bonchev–Trinajstić information content (AvgIpc) is 2.17. The molecule has 3 heteroatoms. The molecule has 1 aliphatic heterocycles. The van der Waals surface area contributed by atoms with Gasteiger partial charge in [0.2, 0.25) is 0 Å². The first-order valence-corrected chi connectivity index (χ1v) is 5.86. The van der Waals surface area contributed by atoms with Gasteiger partial charge in [0.15, 0.2) is 0 Å². The van der Waals surface area contributed by atoms with Crippen molar-refractivity contribution < 1.29 is 4.74 Å². The molecule has 2 nitrogen and oxygen atoms in total. The Bertz CT molecular complexity index is 172. The summed E-state index contributed by atoms with van der Waals surface area (Å²) in [5.74, 6) is 0. The van der Waals surface area contributed by atoms with E-state index >= 15 is 0 Å². The summed E-state index contributed by atoms with van der Waals surface area (Å²) in [6.07, 6.45) is 5.76. The number of morpholine rings is 1. The highest BCUT2D eigenvalue weighted by Crippen LogP contribution is 2.30. The van der Waals surface area contributed by atoms with E-state index in [1.54, 1.807) is 0 Å². The molecule has 2 rings (SSSR count). The van der Waals surface area contributed by atoms with Gasteiger partial charge in [0.05, 0.1) is 18.1 Å². The minimum atomic E-state index is 0.384. The van der Waals surface area contributed by atoms with Gasteiger partial charge in [-0.15, -0.1) is 0 Å². The Kier molecular flexibility index (Phi) is 3.17. The maximum absolute atomic E-state index is 5.79. The highest BCUT2D eigenvalue weighted by Gasteiger charge is 2.35. The second-order valence-corrected chi connectivity index (χ2v) is 4.88. The molecular weight excluding hydrogens is 182 g/mol. The first-order chi connectivity index (χ1) is 6.29. The van der Waals surface area contributed by atoms with Crippen LogP contribution in [0.4, 0.5) is 0 Å². The van der Waals surface area contributed by atoms with E-state index in [1.165, 1.54) is 25.7 Å². The molecule has 0 aromatic heterocycles. The maximum Gasteiger partial charge on any atom is 0.0731 e. The van der Waals surface area contributed by atoms with E-state index in [0.29, 0.717) is 17.5 Å². The lowest BCUT2D eigenvalue weighted by Gasteiger charge is -2.45. The monoisotopic (exact) mass is 201 g/mol. The summed E-state index contributed by atoms with van der Waals surface area (Å²) in [6.45, 7) is 4.12. The van der Waals surface area contributed by atoms with E-state index in [4.69, 9.17) is 4.74 Å². The van der Waals surface area contributed by atoms with Crippen molar-refractivity contribution >= 4 is 12.6 Å². The summed E-state index contributed by atoms with van der Waals surface area (Å²) in [5, 5.41) is 0.384. The molecule has 1 saturated heterocycles. The lowest BCUT2D eigenvalue weighted by molar-refractivity contribution is -0.0900. The SMILES string of the molecule is CC(S)N1CCOC2CCCCC21. The van der Waals surface area contributed by atoms with E-state index < -0.39 is 0 Å². The fourth-order valence-electron chi connectivity index (χ4n) is 2.59. The zero-order chi connectivity index (χ0) is 9.26. The van der Waals surface area contributed by atoms with Crippen molar-refractivity contribution in [2.75, 3.05) is 13.2 Å². The molecule has 76 valence electrons. The fourth-order valence-corrected chi connectivity index (χ4v) is 2.88. The number of hydrogen-bond donors (Lipinski definition) is 1. The van der Waals surface area contributed by atoms with Crippen molar-refractivity contribution in [3.05, 3.63) is 0 Å². The molecule has 13 heavy (non-hydrogen) atoms. The van der Waals surface area contributed by atoms with Crippen LogP contribution in [-0.2, 0) is 4.74 Å². The number of ether oxygens (including phenoxy) is 1. The van der Waals surface area contributed by atoms with Crippen LogP contribution in [0.1, 0.15) is 32.6 Å². The number of hydrogen-bond acceptors (Lipinski definition) is 3. The minimum Gasteiger partial charge on any atom is -0.375 e. The fraction of sp³-hybridized carbons (Fsp3) is 1.00. The van der Waals surface area contributed by atoms with Crippen molar-refractivity contribution in [1.82, 2.24) is 4.90 Å². The molecule has 0 spiro atoms. The summed E-state index contributed by atoms with van der Waals surface area (Å²) in [4.78, 5) is 2.50. The molecule has 1 heterocycles. The molecule has 3 atom stereocenters. The zero-order valence-corrected chi connectivity index (χ0v) is 9.17. The molecule has 0 aromatic rings. The normalized spacial score (nSPS) is 38.3. The van der Waals surface area contributed by atoms with Crippen molar-refractivity contribution in [1.29, 1.82) is 0 Å². The van der Waals surface area contributed by atoms with E-state index in [1.807, 2.05) is 0 Å². The first kappa shape index (κ1) is 9.81. The van der Waals surface area contributed by atoms with Crippen LogP contribution in [0.15, 0.2) is 0 Å². The van der Waals surface area contributed by atoms with Crippen LogP contribution in [0.5, 0.6) is 0 Å². The van der Waals surface area contributed by atoms with Crippen molar-refractivity contribution in [2.45, 2.75) is 50.1 Å². The van der Waals surface area contributed by atoms with Gasteiger partial charge in [-0.1, -0.05) is 12.8 Å². The molecular formula is C10H19NOS. The Morgan fingerprint density at radius 3 is 2.92 bits per heavy atom. The molecule has 0 amide bonds. The number of thiol groups is 1. The van der Waals surface area contributed by atoms with Gasteiger partial charge in [-0.2, -0.15) is 12.6 Å². The first-order valence-electron chi connectivity index (χ1n) is 5.34. The van der Waals surface area contributed by atoms with Crippen molar-refractivity contribution in [3.8, 4) is 0 Å². The molecule has 2 aliphatic rings. The van der Waals surface area contributed by atoms with Gasteiger partial charge in [0.1, 0.15) is 0 Å². The largest absolute Gasteiger partial charge is 0.375 e. The van der Waals surface area contributed by atoms with Crippen LogP contribution in [0, 0.1) is 0 Å². The summed E-state index contributed by atoms with van der Waals surface area (Å²) in [6, 6.07) is 0.648. The van der Waals surface area contributed by atoms with Gasteiger partial charge in [0, 0.05) is 12.6 Å². The predicted octanol–water partition coefficient (Wildman–Crippen LogP) is 1.91. The Labute approximate surface area is 86.0 Å². The summed E-state index contributed by atoms with van der Waals surface area (Å²) >= 11 is 4.53. The van der Waals surface area contributed by atoms with E-state index in [0.717, 1.165) is 13.2 Å². The molecule has 0 aromatic carbocycles. The molecule has 2 fully saturated rings. The molecule has 0 bridgehead atoms. The molecule has 1 aliphatic carbocycles. The predicted molar refractivity (Wildman–Crippen MR) is 57.2 cm³/mol. The molecule has 3 unspecified atom stereocenters. The van der Waals surface area contributed by atoms with E-state index in [9.17, 15) is 0 Å². The van der Waals surface area contributed by atoms with Crippen molar-refractivity contribution in [3.63, 3.8) is 0 Å². The van der Waals surface area contributed by atoms with Gasteiger partial charge in [-0.05, 0) is 19.8 Å². The van der Waals surface area contributed by atoms with Gasteiger partial charge >= 0.3 is 0 Å². The third kappa shape index (κ3) is 2.03. The molecule has 0 radical (unpaired) electrons. The lowest BCUT2D eigenvalue weighted by Crippen LogP contribution is -2.54. The van der Waals surface area contributed by atoms with Crippen LogP contribution in [0.2, 0.25) is 0 Å². The molecule has 0 N–H and O–H groups in total. The van der Waals surface area contributed by atoms with Crippen molar-refractivity contribution in [2.24, 2.45) is 0 Å². The quantitative estimate of drug-likeness (QED) is 0.651. The van der Waals surface area contributed by atoms with Crippen LogP contribution in [0.3, 0.4) is 0 Å². The summed E-state index contributed by atoms with van der Waals surface area (Å²) < 4.78 is 5.79. The number of nitrogens with zero attached hydrogens (tertiary/aromatic N) is 1. The van der Waals surface area contributed by atoms with Crippen LogP contribution < -0.4 is 0 Å². The topological polar surface area (TPSA) is 12.5 Å². The van der Waals surface area contributed by atoms with Gasteiger partial charge in [-0.25, -0.2) is 0 Å². The third-order valence-electron chi connectivity index (χ3n) is 3.26. The number of rotatable bonds is 1. The van der Waals surface area contributed by atoms with Crippen LogP contribution in [0.25, 0.3) is 0 Å². The van der Waals surface area contributed by atoms with Gasteiger partial charge in [-0.3, -0.25) is 4.90 Å². The van der Waals surface area contributed by atoms with E-state index in [-0.39, 0.29) is 0 Å². The molecule has 1 saturated carbocycles.